The molecule has 1 unspecified atom stereocenters. The molecule has 0 spiro atoms. The molecule has 2 aliphatic heterocycles. The minimum absolute atomic E-state index is 0. The van der Waals surface area contributed by atoms with Crippen LogP contribution in [0, 0.1) is 5.92 Å². The van der Waals surface area contributed by atoms with Gasteiger partial charge in [0.1, 0.15) is 0 Å². The summed E-state index contributed by atoms with van der Waals surface area (Å²) >= 11 is 0. The van der Waals surface area contributed by atoms with E-state index >= 15 is 0 Å². The van der Waals surface area contributed by atoms with Crippen molar-refractivity contribution in [3.05, 3.63) is 0 Å². The van der Waals surface area contributed by atoms with Crippen molar-refractivity contribution in [2.75, 3.05) is 45.9 Å². The first kappa shape index (κ1) is 18.2. The van der Waals surface area contributed by atoms with E-state index in [0.717, 1.165) is 25.8 Å². The first-order valence-electron chi connectivity index (χ1n) is 7.56. The predicted octanol–water partition coefficient (Wildman–Crippen LogP) is 0.245. The van der Waals surface area contributed by atoms with Crippen LogP contribution in [0.1, 0.15) is 25.7 Å². The van der Waals surface area contributed by atoms with Crippen molar-refractivity contribution < 1.29 is 14.3 Å². The Labute approximate surface area is 132 Å². The lowest BCUT2D eigenvalue weighted by molar-refractivity contribution is -0.144. The number of nitrogens with zero attached hydrogens (tertiary/aromatic N) is 2. The Morgan fingerprint density at radius 3 is 2.52 bits per heavy atom. The monoisotopic (exact) mass is 319 g/mol. The van der Waals surface area contributed by atoms with Gasteiger partial charge in [-0.25, -0.2) is 0 Å². The fraction of sp³-hybridized carbons (Fsp3) is 0.857. The highest BCUT2D eigenvalue weighted by atomic mass is 35.5. The third kappa shape index (κ3) is 5.13. The predicted molar refractivity (Wildman–Crippen MR) is 82.2 cm³/mol. The van der Waals surface area contributed by atoms with Gasteiger partial charge in [-0.15, -0.1) is 12.4 Å². The third-order valence-electron chi connectivity index (χ3n) is 4.04. The van der Waals surface area contributed by atoms with Gasteiger partial charge in [0.15, 0.2) is 0 Å². The number of piperidine rings is 1. The van der Waals surface area contributed by atoms with Gasteiger partial charge < -0.3 is 20.3 Å². The standard InChI is InChI=1S/C14H25N3O3.ClH/c15-5-1-4-13(18)17-6-2-3-12(11-17)14(19)16-7-9-20-10-8-16;/h12H,1-11,15H2;1H. The normalized spacial score (nSPS) is 22.6. The highest BCUT2D eigenvalue weighted by Crippen LogP contribution is 2.20. The van der Waals surface area contributed by atoms with Crippen LogP contribution >= 0.6 is 12.4 Å². The van der Waals surface area contributed by atoms with Gasteiger partial charge in [-0.2, -0.15) is 0 Å². The molecule has 2 saturated heterocycles. The van der Waals surface area contributed by atoms with Crippen LogP contribution in [0.4, 0.5) is 0 Å². The maximum atomic E-state index is 12.4. The van der Waals surface area contributed by atoms with E-state index in [1.807, 2.05) is 9.80 Å². The minimum Gasteiger partial charge on any atom is -0.378 e. The molecule has 1 atom stereocenters. The van der Waals surface area contributed by atoms with Crippen LogP contribution in [0.2, 0.25) is 0 Å². The Morgan fingerprint density at radius 2 is 1.86 bits per heavy atom. The summed E-state index contributed by atoms with van der Waals surface area (Å²) in [6.45, 7) is 4.48. The van der Waals surface area contributed by atoms with Gasteiger partial charge in [-0.3, -0.25) is 9.59 Å². The van der Waals surface area contributed by atoms with Crippen LogP contribution in [0.5, 0.6) is 0 Å². The van der Waals surface area contributed by atoms with Crippen molar-refractivity contribution in [3.8, 4) is 0 Å². The second-order valence-electron chi connectivity index (χ2n) is 5.51. The Hall–Kier alpha value is -0.850. The molecule has 0 radical (unpaired) electrons. The van der Waals surface area contributed by atoms with E-state index in [9.17, 15) is 9.59 Å². The number of nitrogens with two attached hydrogens (primary N) is 1. The number of carbonyl (C=O) groups excluding carboxylic acids is 2. The summed E-state index contributed by atoms with van der Waals surface area (Å²) < 4.78 is 5.27. The number of amides is 2. The fourth-order valence-electron chi connectivity index (χ4n) is 2.86. The zero-order valence-corrected chi connectivity index (χ0v) is 13.3. The minimum atomic E-state index is -0.0383. The van der Waals surface area contributed by atoms with Gasteiger partial charge in [-0.1, -0.05) is 0 Å². The number of hydrogen-bond acceptors (Lipinski definition) is 4. The van der Waals surface area contributed by atoms with Gasteiger partial charge in [0.25, 0.3) is 0 Å². The Kier molecular flexibility index (Phi) is 8.00. The Balaban J connectivity index is 0.00000220. The summed E-state index contributed by atoms with van der Waals surface area (Å²) in [4.78, 5) is 28.2. The molecule has 6 nitrogen and oxygen atoms in total. The number of halogens is 1. The van der Waals surface area contributed by atoms with Crippen LogP contribution in [0.3, 0.4) is 0 Å². The van der Waals surface area contributed by atoms with E-state index < -0.39 is 0 Å². The van der Waals surface area contributed by atoms with Crippen LogP contribution in [-0.2, 0) is 14.3 Å². The number of morpholine rings is 1. The van der Waals surface area contributed by atoms with Gasteiger partial charge in [0, 0.05) is 32.6 Å². The number of hydrogen-bond donors (Lipinski definition) is 1. The fourth-order valence-corrected chi connectivity index (χ4v) is 2.86. The number of rotatable bonds is 4. The average molecular weight is 320 g/mol. The van der Waals surface area contributed by atoms with Crippen LogP contribution in [-0.4, -0.2) is 67.6 Å². The molecular formula is C14H26ClN3O3. The number of likely N-dealkylation sites (tertiary alicyclic amines) is 1. The van der Waals surface area contributed by atoms with Gasteiger partial charge >= 0.3 is 0 Å². The van der Waals surface area contributed by atoms with Gasteiger partial charge in [-0.05, 0) is 25.8 Å². The molecule has 122 valence electrons. The smallest absolute Gasteiger partial charge is 0.227 e. The SMILES string of the molecule is Cl.NCCCC(=O)N1CCCC(C(=O)N2CCOCC2)C1. The topological polar surface area (TPSA) is 75.9 Å². The van der Waals surface area contributed by atoms with E-state index in [4.69, 9.17) is 10.5 Å². The molecule has 0 aromatic carbocycles. The zero-order chi connectivity index (χ0) is 14.4. The van der Waals surface area contributed by atoms with Gasteiger partial charge in [0.05, 0.1) is 19.1 Å². The zero-order valence-electron chi connectivity index (χ0n) is 12.5. The molecule has 2 fully saturated rings. The molecule has 2 N–H and O–H groups in total. The first-order chi connectivity index (χ1) is 9.72. The molecule has 2 amide bonds. The summed E-state index contributed by atoms with van der Waals surface area (Å²) in [5.74, 6) is 0.281. The van der Waals surface area contributed by atoms with Crippen LogP contribution in [0.25, 0.3) is 0 Å². The lowest BCUT2D eigenvalue weighted by atomic mass is 9.96. The number of ether oxygens (including phenoxy) is 1. The largest absolute Gasteiger partial charge is 0.378 e. The van der Waals surface area contributed by atoms with Crippen molar-refractivity contribution in [1.82, 2.24) is 9.80 Å². The van der Waals surface area contributed by atoms with E-state index in [1.54, 1.807) is 0 Å². The highest BCUT2D eigenvalue weighted by molar-refractivity contribution is 5.85. The van der Waals surface area contributed by atoms with E-state index in [2.05, 4.69) is 0 Å². The second kappa shape index (κ2) is 9.23. The lowest BCUT2D eigenvalue weighted by Gasteiger charge is -2.36. The van der Waals surface area contributed by atoms with E-state index in [-0.39, 0.29) is 30.1 Å². The average Bonchev–Trinajstić information content (AvgIpc) is 2.52. The molecule has 2 heterocycles. The number of carbonyl (C=O) groups is 2. The molecule has 0 bridgehead atoms. The first-order valence-corrected chi connectivity index (χ1v) is 7.56. The van der Waals surface area contributed by atoms with Crippen molar-refractivity contribution in [2.24, 2.45) is 11.7 Å². The molecule has 0 saturated carbocycles. The third-order valence-corrected chi connectivity index (χ3v) is 4.04. The van der Waals surface area contributed by atoms with E-state index in [0.29, 0.717) is 45.8 Å². The molecule has 0 aromatic heterocycles. The molecule has 2 aliphatic rings. The highest BCUT2D eigenvalue weighted by Gasteiger charge is 2.31. The maximum Gasteiger partial charge on any atom is 0.227 e. The van der Waals surface area contributed by atoms with Crippen molar-refractivity contribution in [1.29, 1.82) is 0 Å². The Bertz CT molecular complexity index is 348. The summed E-state index contributed by atoms with van der Waals surface area (Å²) in [5, 5.41) is 0. The quantitative estimate of drug-likeness (QED) is 0.805. The summed E-state index contributed by atoms with van der Waals surface area (Å²) in [6.07, 6.45) is 3.01. The van der Waals surface area contributed by atoms with Crippen molar-refractivity contribution in [3.63, 3.8) is 0 Å². The lowest BCUT2D eigenvalue weighted by Crippen LogP contribution is -2.49. The van der Waals surface area contributed by atoms with Crippen molar-refractivity contribution >= 4 is 24.2 Å². The van der Waals surface area contributed by atoms with Gasteiger partial charge in [0.2, 0.25) is 11.8 Å². The molecular weight excluding hydrogens is 294 g/mol. The molecule has 21 heavy (non-hydrogen) atoms. The molecule has 2 rings (SSSR count). The second-order valence-corrected chi connectivity index (χ2v) is 5.51. The van der Waals surface area contributed by atoms with Crippen LogP contribution < -0.4 is 5.73 Å². The summed E-state index contributed by atoms with van der Waals surface area (Å²) in [7, 11) is 0. The maximum absolute atomic E-state index is 12.4. The Morgan fingerprint density at radius 1 is 1.14 bits per heavy atom. The van der Waals surface area contributed by atoms with Crippen molar-refractivity contribution in [2.45, 2.75) is 25.7 Å². The summed E-state index contributed by atoms with van der Waals surface area (Å²) in [5.41, 5.74) is 5.44. The van der Waals surface area contributed by atoms with E-state index in [1.165, 1.54) is 0 Å². The molecule has 0 aliphatic carbocycles. The van der Waals surface area contributed by atoms with Crippen LogP contribution in [0.15, 0.2) is 0 Å². The molecule has 0 aromatic rings. The summed E-state index contributed by atoms with van der Waals surface area (Å²) in [6, 6.07) is 0. The molecule has 7 heteroatoms.